The van der Waals surface area contributed by atoms with E-state index in [1.165, 1.54) is 6.42 Å². The van der Waals surface area contributed by atoms with Crippen molar-refractivity contribution in [2.75, 3.05) is 5.32 Å². The summed E-state index contributed by atoms with van der Waals surface area (Å²) in [5.74, 6) is 1.05. The Morgan fingerprint density at radius 1 is 1.04 bits per heavy atom. The fourth-order valence-electron chi connectivity index (χ4n) is 3.36. The van der Waals surface area contributed by atoms with Crippen LogP contribution in [0.15, 0.2) is 24.3 Å². The van der Waals surface area contributed by atoms with Gasteiger partial charge in [-0.25, -0.2) is 4.79 Å². The lowest BCUT2D eigenvalue weighted by Crippen LogP contribution is -2.45. The molecule has 3 rings (SSSR count). The zero-order valence-electron chi connectivity index (χ0n) is 14.5. The van der Waals surface area contributed by atoms with Crippen LogP contribution in [0.4, 0.5) is 10.5 Å². The first-order valence-electron chi connectivity index (χ1n) is 9.01. The van der Waals surface area contributed by atoms with Gasteiger partial charge in [-0.2, -0.15) is 0 Å². The minimum atomic E-state index is -0.194. The molecule has 0 aliphatic heterocycles. The van der Waals surface area contributed by atoms with Gasteiger partial charge in [0.2, 0.25) is 0 Å². The molecule has 130 valence electrons. The van der Waals surface area contributed by atoms with Gasteiger partial charge in [0.15, 0.2) is 0 Å². The molecule has 2 aliphatic carbocycles. The summed E-state index contributed by atoms with van der Waals surface area (Å²) in [5.41, 5.74) is 1.23. The fraction of sp³-hybridized carbons (Fsp3) is 0.579. The molecule has 24 heavy (non-hydrogen) atoms. The molecule has 1 aromatic rings. The van der Waals surface area contributed by atoms with Crippen LogP contribution in [-0.2, 0) is 0 Å². The lowest BCUT2D eigenvalue weighted by Gasteiger charge is -2.34. The molecular formula is C19H27N3O2. The van der Waals surface area contributed by atoms with E-state index in [0.717, 1.165) is 25.7 Å². The van der Waals surface area contributed by atoms with E-state index >= 15 is 0 Å². The van der Waals surface area contributed by atoms with Crippen molar-refractivity contribution in [3.8, 4) is 0 Å². The summed E-state index contributed by atoms with van der Waals surface area (Å²) in [7, 11) is 0. The highest BCUT2D eigenvalue weighted by molar-refractivity contribution is 5.97. The van der Waals surface area contributed by atoms with Crippen molar-refractivity contribution in [1.82, 2.24) is 10.6 Å². The Hall–Kier alpha value is -2.04. The fourth-order valence-corrected chi connectivity index (χ4v) is 3.36. The Morgan fingerprint density at radius 2 is 1.83 bits per heavy atom. The van der Waals surface area contributed by atoms with E-state index < -0.39 is 0 Å². The summed E-state index contributed by atoms with van der Waals surface area (Å²) in [6.45, 7) is 4.45. The molecule has 0 heterocycles. The van der Waals surface area contributed by atoms with Crippen LogP contribution in [0.1, 0.15) is 56.3 Å². The number of carbonyl (C=O) groups excluding carboxylic acids is 2. The Bertz CT molecular complexity index is 612. The van der Waals surface area contributed by atoms with Crippen molar-refractivity contribution < 1.29 is 9.59 Å². The first-order chi connectivity index (χ1) is 11.5. The van der Waals surface area contributed by atoms with E-state index in [9.17, 15) is 9.59 Å². The topological polar surface area (TPSA) is 70.2 Å². The lowest BCUT2D eigenvalue weighted by atomic mass is 9.78. The van der Waals surface area contributed by atoms with E-state index in [1.54, 1.807) is 24.3 Å². The Morgan fingerprint density at radius 3 is 2.58 bits per heavy atom. The Balaban J connectivity index is 1.56. The number of rotatable bonds is 4. The van der Waals surface area contributed by atoms with E-state index in [4.69, 9.17) is 0 Å². The molecule has 0 unspecified atom stereocenters. The first kappa shape index (κ1) is 16.8. The van der Waals surface area contributed by atoms with Gasteiger partial charge in [-0.15, -0.1) is 0 Å². The summed E-state index contributed by atoms with van der Waals surface area (Å²) in [4.78, 5) is 24.4. The molecule has 0 spiro atoms. The van der Waals surface area contributed by atoms with Gasteiger partial charge >= 0.3 is 6.03 Å². The molecule has 0 saturated heterocycles. The number of carbonyl (C=O) groups is 2. The largest absolute Gasteiger partial charge is 0.349 e. The van der Waals surface area contributed by atoms with Gasteiger partial charge in [-0.05, 0) is 49.3 Å². The van der Waals surface area contributed by atoms with E-state index in [1.807, 2.05) is 0 Å². The van der Waals surface area contributed by atoms with E-state index in [0.29, 0.717) is 29.1 Å². The SMILES string of the molecule is C[C@@H]1[C@H](C)CCC[C@H]1NC(=O)Nc1cccc(C(=O)NC2CC2)c1. The second-order valence-corrected chi connectivity index (χ2v) is 7.30. The summed E-state index contributed by atoms with van der Waals surface area (Å²) < 4.78 is 0. The van der Waals surface area contributed by atoms with Crippen LogP contribution in [-0.4, -0.2) is 24.0 Å². The zero-order chi connectivity index (χ0) is 17.1. The molecule has 1 aromatic carbocycles. The average Bonchev–Trinajstić information content (AvgIpc) is 3.36. The summed E-state index contributed by atoms with van der Waals surface area (Å²) in [5, 5.41) is 8.91. The molecule has 2 aliphatic rings. The second-order valence-electron chi connectivity index (χ2n) is 7.30. The second kappa shape index (κ2) is 7.24. The molecule has 3 N–H and O–H groups in total. The van der Waals surface area contributed by atoms with Crippen LogP contribution < -0.4 is 16.0 Å². The quantitative estimate of drug-likeness (QED) is 0.791. The van der Waals surface area contributed by atoms with Crippen LogP contribution in [0.5, 0.6) is 0 Å². The molecule has 2 saturated carbocycles. The van der Waals surface area contributed by atoms with Gasteiger partial charge in [-0.1, -0.05) is 32.8 Å². The van der Waals surface area contributed by atoms with E-state index in [-0.39, 0.29) is 18.0 Å². The van der Waals surface area contributed by atoms with Gasteiger partial charge in [0.25, 0.3) is 5.91 Å². The van der Waals surface area contributed by atoms with Crippen molar-refractivity contribution in [3.63, 3.8) is 0 Å². The van der Waals surface area contributed by atoms with Gasteiger partial charge in [0.05, 0.1) is 0 Å². The van der Waals surface area contributed by atoms with Crippen molar-refractivity contribution in [3.05, 3.63) is 29.8 Å². The Labute approximate surface area is 143 Å². The summed E-state index contributed by atoms with van der Waals surface area (Å²) in [6.07, 6.45) is 5.54. The molecule has 2 fully saturated rings. The highest BCUT2D eigenvalue weighted by atomic mass is 16.2. The van der Waals surface area contributed by atoms with Crippen molar-refractivity contribution in [2.24, 2.45) is 11.8 Å². The average molecular weight is 329 g/mol. The predicted octanol–water partition coefficient (Wildman–Crippen LogP) is 3.53. The van der Waals surface area contributed by atoms with Crippen molar-refractivity contribution >= 4 is 17.6 Å². The normalized spacial score (nSPS) is 26.5. The molecule has 5 heteroatoms. The third kappa shape index (κ3) is 4.28. The molecule has 5 nitrogen and oxygen atoms in total. The number of hydrogen-bond acceptors (Lipinski definition) is 2. The number of benzene rings is 1. The maximum absolute atomic E-state index is 12.3. The van der Waals surface area contributed by atoms with Crippen LogP contribution in [0.25, 0.3) is 0 Å². The van der Waals surface area contributed by atoms with Crippen molar-refractivity contribution in [1.29, 1.82) is 0 Å². The maximum atomic E-state index is 12.3. The molecule has 0 radical (unpaired) electrons. The maximum Gasteiger partial charge on any atom is 0.319 e. The van der Waals surface area contributed by atoms with Crippen LogP contribution in [0.3, 0.4) is 0 Å². The lowest BCUT2D eigenvalue weighted by molar-refractivity contribution is 0.0951. The molecule has 0 bridgehead atoms. The predicted molar refractivity (Wildman–Crippen MR) is 95.1 cm³/mol. The van der Waals surface area contributed by atoms with E-state index in [2.05, 4.69) is 29.8 Å². The highest BCUT2D eigenvalue weighted by Gasteiger charge is 2.28. The number of anilines is 1. The van der Waals surface area contributed by atoms with Crippen LogP contribution in [0, 0.1) is 11.8 Å². The highest BCUT2D eigenvalue weighted by Crippen LogP contribution is 2.29. The molecule has 3 amide bonds. The number of nitrogens with one attached hydrogen (secondary N) is 3. The van der Waals surface area contributed by atoms with Gasteiger partial charge in [0.1, 0.15) is 0 Å². The van der Waals surface area contributed by atoms with Gasteiger partial charge < -0.3 is 16.0 Å². The molecule has 3 atom stereocenters. The summed E-state index contributed by atoms with van der Waals surface area (Å²) >= 11 is 0. The third-order valence-electron chi connectivity index (χ3n) is 5.32. The Kier molecular flexibility index (Phi) is 5.07. The minimum Gasteiger partial charge on any atom is -0.349 e. The standard InChI is InChI=1S/C19H27N3O2/c1-12-5-3-8-17(13(12)2)22-19(24)21-16-7-4-6-14(11-16)18(23)20-15-9-10-15/h4,6-7,11-13,15,17H,3,5,8-10H2,1-2H3,(H,20,23)(H2,21,22,24)/t12-,13-,17-/m1/s1. The third-order valence-corrected chi connectivity index (χ3v) is 5.32. The summed E-state index contributed by atoms with van der Waals surface area (Å²) in [6, 6.07) is 7.45. The first-order valence-corrected chi connectivity index (χ1v) is 9.01. The number of amides is 3. The van der Waals surface area contributed by atoms with Crippen molar-refractivity contribution in [2.45, 2.75) is 58.0 Å². The molecular weight excluding hydrogens is 302 g/mol. The molecule has 0 aromatic heterocycles. The van der Waals surface area contributed by atoms with Gasteiger partial charge in [0, 0.05) is 23.3 Å². The number of urea groups is 1. The van der Waals surface area contributed by atoms with Crippen LogP contribution >= 0.6 is 0 Å². The minimum absolute atomic E-state index is 0.0729. The smallest absolute Gasteiger partial charge is 0.319 e. The van der Waals surface area contributed by atoms with Crippen LogP contribution in [0.2, 0.25) is 0 Å². The monoisotopic (exact) mass is 329 g/mol. The van der Waals surface area contributed by atoms with Gasteiger partial charge in [-0.3, -0.25) is 4.79 Å². The zero-order valence-corrected chi connectivity index (χ0v) is 14.5. The number of hydrogen-bond donors (Lipinski definition) is 3.